The zero-order valence-corrected chi connectivity index (χ0v) is 9.27. The Morgan fingerprint density at radius 2 is 2.12 bits per heavy atom. The molecule has 1 fully saturated rings. The fourth-order valence-corrected chi connectivity index (χ4v) is 1.89. The Hall–Kier alpha value is -1.57. The number of nitrogens with one attached hydrogen (secondary N) is 1. The van der Waals surface area contributed by atoms with Crippen LogP contribution in [0.5, 0.6) is 0 Å². The van der Waals surface area contributed by atoms with Crippen LogP contribution >= 0.6 is 0 Å². The number of carboxylic acids is 1. The van der Waals surface area contributed by atoms with Crippen molar-refractivity contribution in [3.8, 4) is 6.07 Å². The molecule has 1 aliphatic rings. The minimum atomic E-state index is -0.819. The van der Waals surface area contributed by atoms with Gasteiger partial charge in [0.25, 0.3) is 0 Å². The Balaban J connectivity index is 2.34. The molecule has 0 aromatic heterocycles. The zero-order chi connectivity index (χ0) is 12.1. The summed E-state index contributed by atoms with van der Waals surface area (Å²) in [6.45, 7) is 2.07. The maximum atomic E-state index is 11.6. The molecule has 1 unspecified atom stereocenters. The molecule has 0 aliphatic heterocycles. The maximum Gasteiger partial charge on any atom is 0.306 e. The highest BCUT2D eigenvalue weighted by Gasteiger charge is 2.33. The third kappa shape index (κ3) is 3.23. The van der Waals surface area contributed by atoms with Gasteiger partial charge >= 0.3 is 5.97 Å². The van der Waals surface area contributed by atoms with Gasteiger partial charge in [0.2, 0.25) is 5.91 Å². The number of aliphatic carboxylic acids is 1. The number of carbonyl (C=O) groups is 2. The molecule has 0 bridgehead atoms. The summed E-state index contributed by atoms with van der Waals surface area (Å²) in [5.41, 5.74) is 0. The quantitative estimate of drug-likeness (QED) is 0.737. The van der Waals surface area contributed by atoms with Gasteiger partial charge in [0.15, 0.2) is 0 Å². The van der Waals surface area contributed by atoms with Crippen LogP contribution in [0.1, 0.15) is 26.2 Å². The van der Waals surface area contributed by atoms with Crippen LogP contribution in [0.3, 0.4) is 0 Å². The fraction of sp³-hybridized carbons (Fsp3) is 0.727. The fourth-order valence-electron chi connectivity index (χ4n) is 1.89. The molecule has 1 amide bonds. The van der Waals surface area contributed by atoms with E-state index in [4.69, 9.17) is 10.4 Å². The predicted molar refractivity (Wildman–Crippen MR) is 56.3 cm³/mol. The molecule has 5 nitrogen and oxygen atoms in total. The topological polar surface area (TPSA) is 90.2 Å². The summed E-state index contributed by atoms with van der Waals surface area (Å²) in [6, 6.07) is 2.03. The molecule has 1 rings (SSSR count). The molecule has 0 aromatic rings. The largest absolute Gasteiger partial charge is 0.481 e. The Kier molecular flexibility index (Phi) is 4.29. The average molecular weight is 224 g/mol. The van der Waals surface area contributed by atoms with E-state index in [-0.39, 0.29) is 23.7 Å². The number of carboxylic acid groups (broad SMARTS) is 1. The van der Waals surface area contributed by atoms with Crippen LogP contribution < -0.4 is 5.32 Å². The molecular weight excluding hydrogens is 208 g/mol. The summed E-state index contributed by atoms with van der Waals surface area (Å²) in [5, 5.41) is 20.0. The van der Waals surface area contributed by atoms with Crippen molar-refractivity contribution in [2.75, 3.05) is 6.54 Å². The van der Waals surface area contributed by atoms with E-state index < -0.39 is 5.97 Å². The van der Waals surface area contributed by atoms with Crippen molar-refractivity contribution in [3.63, 3.8) is 0 Å². The van der Waals surface area contributed by atoms with Crippen LogP contribution in [0, 0.1) is 29.1 Å². The molecule has 0 radical (unpaired) electrons. The first-order valence-corrected chi connectivity index (χ1v) is 5.44. The SMILES string of the molecule is CC(C#N)CNC(=O)[C@@H]1CC[C@H](C(=O)O)C1. The number of carbonyl (C=O) groups excluding carboxylic acids is 1. The lowest BCUT2D eigenvalue weighted by Crippen LogP contribution is -2.32. The van der Waals surface area contributed by atoms with E-state index in [1.54, 1.807) is 6.92 Å². The number of rotatable bonds is 4. The number of nitrogens with zero attached hydrogens (tertiary/aromatic N) is 1. The minimum absolute atomic E-state index is 0.120. The standard InChI is InChI=1S/C11H16N2O3/c1-7(5-12)6-13-10(14)8-2-3-9(4-8)11(15)16/h7-9H,2-4,6H2,1H3,(H,13,14)(H,15,16)/t7?,8-,9+/m1/s1. The second-order valence-electron chi connectivity index (χ2n) is 4.32. The summed E-state index contributed by atoms with van der Waals surface area (Å²) >= 11 is 0. The van der Waals surface area contributed by atoms with E-state index in [1.807, 2.05) is 6.07 Å². The van der Waals surface area contributed by atoms with Crippen LogP contribution in [0.15, 0.2) is 0 Å². The van der Waals surface area contributed by atoms with Crippen molar-refractivity contribution in [1.29, 1.82) is 5.26 Å². The van der Waals surface area contributed by atoms with E-state index >= 15 is 0 Å². The number of nitriles is 1. The summed E-state index contributed by atoms with van der Waals surface area (Å²) < 4.78 is 0. The third-order valence-electron chi connectivity index (χ3n) is 2.96. The van der Waals surface area contributed by atoms with Crippen molar-refractivity contribution in [1.82, 2.24) is 5.32 Å². The van der Waals surface area contributed by atoms with Gasteiger partial charge in [-0.15, -0.1) is 0 Å². The van der Waals surface area contributed by atoms with Crippen molar-refractivity contribution in [2.45, 2.75) is 26.2 Å². The second-order valence-corrected chi connectivity index (χ2v) is 4.32. The van der Waals surface area contributed by atoms with Gasteiger partial charge in [-0.25, -0.2) is 0 Å². The van der Waals surface area contributed by atoms with Crippen LogP contribution in [0.4, 0.5) is 0 Å². The average Bonchev–Trinajstić information content (AvgIpc) is 2.74. The lowest BCUT2D eigenvalue weighted by molar-refractivity contribution is -0.141. The molecule has 0 heterocycles. The molecular formula is C11H16N2O3. The van der Waals surface area contributed by atoms with E-state index in [0.717, 1.165) is 0 Å². The van der Waals surface area contributed by atoms with Crippen LogP contribution in [-0.2, 0) is 9.59 Å². The first kappa shape index (κ1) is 12.5. The highest BCUT2D eigenvalue weighted by Crippen LogP contribution is 2.31. The van der Waals surface area contributed by atoms with Crippen LogP contribution in [-0.4, -0.2) is 23.5 Å². The van der Waals surface area contributed by atoms with Crippen molar-refractivity contribution in [3.05, 3.63) is 0 Å². The predicted octanol–water partition coefficient (Wildman–Crippen LogP) is 0.763. The molecule has 1 aliphatic carbocycles. The van der Waals surface area contributed by atoms with Gasteiger partial charge in [0.1, 0.15) is 0 Å². The number of amides is 1. The molecule has 2 N–H and O–H groups in total. The molecule has 16 heavy (non-hydrogen) atoms. The van der Waals surface area contributed by atoms with Crippen molar-refractivity contribution >= 4 is 11.9 Å². The van der Waals surface area contributed by atoms with Gasteiger partial charge in [-0.05, 0) is 26.2 Å². The third-order valence-corrected chi connectivity index (χ3v) is 2.96. The van der Waals surface area contributed by atoms with Gasteiger partial charge in [-0.3, -0.25) is 9.59 Å². The molecule has 88 valence electrons. The first-order valence-electron chi connectivity index (χ1n) is 5.44. The van der Waals surface area contributed by atoms with Gasteiger partial charge in [0, 0.05) is 12.5 Å². The van der Waals surface area contributed by atoms with Gasteiger partial charge in [-0.2, -0.15) is 5.26 Å². The Morgan fingerprint density at radius 3 is 2.62 bits per heavy atom. The number of hydrogen-bond donors (Lipinski definition) is 2. The van der Waals surface area contributed by atoms with Gasteiger partial charge in [0.05, 0.1) is 17.9 Å². The minimum Gasteiger partial charge on any atom is -0.481 e. The Morgan fingerprint density at radius 1 is 1.50 bits per heavy atom. The Labute approximate surface area is 94.4 Å². The van der Waals surface area contributed by atoms with Crippen LogP contribution in [0.25, 0.3) is 0 Å². The lowest BCUT2D eigenvalue weighted by atomic mass is 10.0. The van der Waals surface area contributed by atoms with Crippen LogP contribution in [0.2, 0.25) is 0 Å². The van der Waals surface area contributed by atoms with E-state index in [2.05, 4.69) is 5.32 Å². The molecule has 0 spiro atoms. The van der Waals surface area contributed by atoms with Crippen molar-refractivity contribution in [2.24, 2.45) is 17.8 Å². The molecule has 5 heteroatoms. The smallest absolute Gasteiger partial charge is 0.306 e. The maximum absolute atomic E-state index is 11.6. The molecule has 0 saturated heterocycles. The monoisotopic (exact) mass is 224 g/mol. The highest BCUT2D eigenvalue weighted by molar-refractivity contribution is 5.80. The van der Waals surface area contributed by atoms with E-state index in [1.165, 1.54) is 0 Å². The summed E-state index contributed by atoms with van der Waals surface area (Å²) in [6.07, 6.45) is 1.62. The first-order chi connectivity index (χ1) is 7.54. The second kappa shape index (κ2) is 5.50. The highest BCUT2D eigenvalue weighted by atomic mass is 16.4. The summed E-state index contributed by atoms with van der Waals surface area (Å²) in [5.74, 6) is -1.73. The normalized spacial score (nSPS) is 25.8. The lowest BCUT2D eigenvalue weighted by Gasteiger charge is -2.11. The van der Waals surface area contributed by atoms with E-state index in [0.29, 0.717) is 25.8 Å². The van der Waals surface area contributed by atoms with Gasteiger partial charge < -0.3 is 10.4 Å². The molecule has 3 atom stereocenters. The molecule has 1 saturated carbocycles. The Bertz CT molecular complexity index is 322. The zero-order valence-electron chi connectivity index (χ0n) is 9.27. The van der Waals surface area contributed by atoms with Gasteiger partial charge in [-0.1, -0.05) is 0 Å². The molecule has 0 aromatic carbocycles. The number of hydrogen-bond acceptors (Lipinski definition) is 3. The summed E-state index contributed by atoms with van der Waals surface area (Å²) in [4.78, 5) is 22.3. The van der Waals surface area contributed by atoms with Crippen molar-refractivity contribution < 1.29 is 14.7 Å². The summed E-state index contributed by atoms with van der Waals surface area (Å²) in [7, 11) is 0. The van der Waals surface area contributed by atoms with E-state index in [9.17, 15) is 9.59 Å².